The first-order valence-electron chi connectivity index (χ1n) is 9.86. The number of carbonyl (C=O) groups excluding carboxylic acids is 3. The van der Waals surface area contributed by atoms with Crippen LogP contribution in [0, 0.1) is 0 Å². The summed E-state index contributed by atoms with van der Waals surface area (Å²) in [4.78, 5) is 43.2. The highest BCUT2D eigenvalue weighted by Gasteiger charge is 2.49. The molecule has 2 heterocycles. The fourth-order valence-corrected chi connectivity index (χ4v) is 4.03. The van der Waals surface area contributed by atoms with E-state index in [-0.39, 0.29) is 12.5 Å². The van der Waals surface area contributed by atoms with Crippen LogP contribution in [0.15, 0.2) is 54.6 Å². The predicted octanol–water partition coefficient (Wildman–Crippen LogP) is 2.46. The number of piperazine rings is 1. The molecule has 1 N–H and O–H groups in total. The summed E-state index contributed by atoms with van der Waals surface area (Å²) in [5, 5.41) is 3.26. The molecule has 1 unspecified atom stereocenters. The number of nitrogens with one attached hydrogen (secondary N) is 1. The van der Waals surface area contributed by atoms with E-state index in [1.807, 2.05) is 30.3 Å². The Hall–Kier alpha value is -3.06. The van der Waals surface area contributed by atoms with E-state index in [4.69, 9.17) is 11.6 Å². The minimum Gasteiger partial charge on any atom is -0.368 e. The molecule has 2 aromatic rings. The Labute approximate surface area is 180 Å². The van der Waals surface area contributed by atoms with Gasteiger partial charge in [-0.05, 0) is 36.8 Å². The van der Waals surface area contributed by atoms with Crippen molar-refractivity contribution in [1.82, 2.24) is 15.1 Å². The van der Waals surface area contributed by atoms with Crippen LogP contribution in [-0.4, -0.2) is 60.4 Å². The molecule has 1 atom stereocenters. The molecule has 0 saturated carbocycles. The highest BCUT2D eigenvalue weighted by Crippen LogP contribution is 2.29. The van der Waals surface area contributed by atoms with Crippen LogP contribution in [0.5, 0.6) is 0 Å². The molecule has 2 saturated heterocycles. The number of urea groups is 1. The van der Waals surface area contributed by atoms with Crippen LogP contribution in [0.1, 0.15) is 12.5 Å². The van der Waals surface area contributed by atoms with Crippen LogP contribution in [0.25, 0.3) is 0 Å². The van der Waals surface area contributed by atoms with Crippen LogP contribution >= 0.6 is 11.6 Å². The predicted molar refractivity (Wildman–Crippen MR) is 114 cm³/mol. The Balaban J connectivity index is 1.39. The molecule has 0 radical (unpaired) electrons. The Morgan fingerprint density at radius 2 is 1.63 bits per heavy atom. The standard InChI is InChI=1S/C22H23ClN4O3/c1-22(16-7-9-17(23)10-8-16)20(29)27(21(30)24-22)15-19(28)26-13-11-25(12-14-26)18-5-3-2-4-6-18/h2-10H,11-15H2,1H3,(H,24,30). The van der Waals surface area contributed by atoms with Crippen molar-refractivity contribution < 1.29 is 14.4 Å². The molecule has 8 heteroatoms. The van der Waals surface area contributed by atoms with Gasteiger partial charge in [-0.15, -0.1) is 0 Å². The molecule has 2 aliphatic rings. The summed E-state index contributed by atoms with van der Waals surface area (Å²) < 4.78 is 0. The first-order chi connectivity index (χ1) is 14.4. The van der Waals surface area contributed by atoms with Crippen molar-refractivity contribution in [3.05, 3.63) is 65.2 Å². The largest absolute Gasteiger partial charge is 0.368 e. The topological polar surface area (TPSA) is 73.0 Å². The van der Waals surface area contributed by atoms with E-state index in [0.29, 0.717) is 36.8 Å². The summed E-state index contributed by atoms with van der Waals surface area (Å²) in [6.07, 6.45) is 0. The summed E-state index contributed by atoms with van der Waals surface area (Å²) in [7, 11) is 0. The van der Waals surface area contributed by atoms with Crippen molar-refractivity contribution in [2.75, 3.05) is 37.6 Å². The van der Waals surface area contributed by atoms with Gasteiger partial charge in [0.2, 0.25) is 5.91 Å². The normalized spacial score (nSPS) is 21.7. The van der Waals surface area contributed by atoms with Crippen LogP contribution in [-0.2, 0) is 15.1 Å². The summed E-state index contributed by atoms with van der Waals surface area (Å²) in [5.41, 5.74) is 0.530. The SMILES string of the molecule is CC1(c2ccc(Cl)cc2)NC(=O)N(CC(=O)N2CCN(c3ccccc3)CC2)C1=O. The molecular weight excluding hydrogens is 404 g/mol. The maximum Gasteiger partial charge on any atom is 0.325 e. The van der Waals surface area contributed by atoms with E-state index in [9.17, 15) is 14.4 Å². The highest BCUT2D eigenvalue weighted by molar-refractivity contribution is 6.30. The zero-order valence-electron chi connectivity index (χ0n) is 16.7. The summed E-state index contributed by atoms with van der Waals surface area (Å²) in [6.45, 7) is 3.88. The van der Waals surface area contributed by atoms with Gasteiger partial charge in [0, 0.05) is 36.9 Å². The molecule has 0 aliphatic carbocycles. The first kappa shape index (κ1) is 20.2. The number of carbonyl (C=O) groups is 3. The number of imide groups is 1. The lowest BCUT2D eigenvalue weighted by Gasteiger charge is -2.36. The molecule has 2 aliphatic heterocycles. The molecule has 2 fully saturated rings. The Kier molecular flexibility index (Phi) is 5.39. The minimum absolute atomic E-state index is 0.230. The van der Waals surface area contributed by atoms with Gasteiger partial charge < -0.3 is 15.1 Å². The number of rotatable bonds is 4. The molecule has 0 bridgehead atoms. The lowest BCUT2D eigenvalue weighted by molar-refractivity contribution is -0.139. The third-order valence-electron chi connectivity index (χ3n) is 5.74. The maximum atomic E-state index is 13.0. The van der Waals surface area contributed by atoms with Gasteiger partial charge in [-0.1, -0.05) is 41.9 Å². The van der Waals surface area contributed by atoms with Crippen LogP contribution in [0.4, 0.5) is 10.5 Å². The smallest absolute Gasteiger partial charge is 0.325 e. The molecular formula is C22H23ClN4O3. The zero-order valence-corrected chi connectivity index (χ0v) is 17.4. The fourth-order valence-electron chi connectivity index (χ4n) is 3.91. The molecule has 4 amide bonds. The molecule has 30 heavy (non-hydrogen) atoms. The maximum absolute atomic E-state index is 13.0. The lowest BCUT2D eigenvalue weighted by atomic mass is 9.92. The molecule has 0 aromatic heterocycles. The van der Waals surface area contributed by atoms with E-state index in [1.54, 1.807) is 36.1 Å². The molecule has 7 nitrogen and oxygen atoms in total. The number of para-hydroxylation sites is 1. The van der Waals surface area contributed by atoms with Gasteiger partial charge in [0.05, 0.1) is 0 Å². The third-order valence-corrected chi connectivity index (χ3v) is 6.00. The third kappa shape index (κ3) is 3.73. The van der Waals surface area contributed by atoms with E-state index < -0.39 is 17.5 Å². The summed E-state index contributed by atoms with van der Waals surface area (Å²) in [5.74, 6) is -0.669. The van der Waals surface area contributed by atoms with Crippen molar-refractivity contribution in [3.63, 3.8) is 0 Å². The van der Waals surface area contributed by atoms with Gasteiger partial charge in [0.1, 0.15) is 12.1 Å². The lowest BCUT2D eigenvalue weighted by Crippen LogP contribution is -2.52. The van der Waals surface area contributed by atoms with E-state index in [1.165, 1.54) is 0 Å². The fraction of sp³-hybridized carbons (Fsp3) is 0.318. The number of benzene rings is 2. The van der Waals surface area contributed by atoms with Crippen molar-refractivity contribution in [1.29, 1.82) is 0 Å². The van der Waals surface area contributed by atoms with Crippen molar-refractivity contribution in [2.45, 2.75) is 12.5 Å². The second kappa shape index (κ2) is 7.99. The minimum atomic E-state index is -1.21. The van der Waals surface area contributed by atoms with Gasteiger partial charge >= 0.3 is 6.03 Å². The number of hydrogen-bond acceptors (Lipinski definition) is 4. The Morgan fingerprint density at radius 3 is 2.27 bits per heavy atom. The van der Waals surface area contributed by atoms with Gasteiger partial charge in [-0.2, -0.15) is 0 Å². The number of amides is 4. The zero-order chi connectivity index (χ0) is 21.3. The van der Waals surface area contributed by atoms with E-state index in [2.05, 4.69) is 10.2 Å². The average Bonchev–Trinajstić information content (AvgIpc) is 2.98. The number of nitrogens with zero attached hydrogens (tertiary/aromatic N) is 3. The molecule has 156 valence electrons. The summed E-state index contributed by atoms with van der Waals surface area (Å²) >= 11 is 5.93. The van der Waals surface area contributed by atoms with E-state index >= 15 is 0 Å². The summed E-state index contributed by atoms with van der Waals surface area (Å²) in [6, 6.07) is 16.2. The number of hydrogen-bond donors (Lipinski definition) is 1. The van der Waals surface area contributed by atoms with E-state index in [0.717, 1.165) is 10.6 Å². The molecule has 2 aromatic carbocycles. The average molecular weight is 427 g/mol. The monoisotopic (exact) mass is 426 g/mol. The molecule has 4 rings (SSSR count). The number of halogens is 1. The van der Waals surface area contributed by atoms with Crippen molar-refractivity contribution >= 4 is 35.1 Å². The Morgan fingerprint density at radius 1 is 1.00 bits per heavy atom. The van der Waals surface area contributed by atoms with Gasteiger partial charge in [0.25, 0.3) is 5.91 Å². The molecule has 0 spiro atoms. The van der Waals surface area contributed by atoms with Crippen LogP contribution in [0.3, 0.4) is 0 Å². The van der Waals surface area contributed by atoms with Crippen molar-refractivity contribution in [2.24, 2.45) is 0 Å². The Bertz CT molecular complexity index is 958. The van der Waals surface area contributed by atoms with Crippen LogP contribution in [0.2, 0.25) is 5.02 Å². The highest BCUT2D eigenvalue weighted by atomic mass is 35.5. The second-order valence-electron chi connectivity index (χ2n) is 7.66. The van der Waals surface area contributed by atoms with Crippen LogP contribution < -0.4 is 10.2 Å². The second-order valence-corrected chi connectivity index (χ2v) is 8.09. The van der Waals surface area contributed by atoms with Crippen molar-refractivity contribution in [3.8, 4) is 0 Å². The van der Waals surface area contributed by atoms with Gasteiger partial charge in [-0.25, -0.2) is 4.79 Å². The number of anilines is 1. The van der Waals surface area contributed by atoms with Gasteiger partial charge in [0.15, 0.2) is 0 Å². The quantitative estimate of drug-likeness (QED) is 0.762. The van der Waals surface area contributed by atoms with Gasteiger partial charge in [-0.3, -0.25) is 14.5 Å². The first-order valence-corrected chi connectivity index (χ1v) is 10.2.